The smallest absolute Gasteiger partial charge is 0.227 e. The zero-order chi connectivity index (χ0) is 20.9. The Morgan fingerprint density at radius 2 is 1.63 bits per heavy atom. The fourth-order valence-corrected chi connectivity index (χ4v) is 3.63. The predicted octanol–water partition coefficient (Wildman–Crippen LogP) is 3.73. The minimum absolute atomic E-state index is 0.182. The van der Waals surface area contributed by atoms with Crippen molar-refractivity contribution in [1.29, 1.82) is 0 Å². The number of aromatic nitrogens is 2. The van der Waals surface area contributed by atoms with Gasteiger partial charge >= 0.3 is 0 Å². The van der Waals surface area contributed by atoms with Crippen molar-refractivity contribution >= 4 is 23.2 Å². The molecule has 30 heavy (non-hydrogen) atoms. The van der Waals surface area contributed by atoms with Gasteiger partial charge in [-0.15, -0.1) is 0 Å². The maximum Gasteiger partial charge on any atom is 0.227 e. The summed E-state index contributed by atoms with van der Waals surface area (Å²) in [5.74, 6) is 2.59. The van der Waals surface area contributed by atoms with Crippen LogP contribution in [-0.2, 0) is 11.2 Å². The Bertz CT molecular complexity index is 996. The molecule has 1 saturated heterocycles. The van der Waals surface area contributed by atoms with Crippen LogP contribution in [0, 0.1) is 13.8 Å². The zero-order valence-corrected chi connectivity index (χ0v) is 17.5. The van der Waals surface area contributed by atoms with Crippen molar-refractivity contribution in [1.82, 2.24) is 14.9 Å². The maximum atomic E-state index is 12.6. The lowest BCUT2D eigenvalue weighted by molar-refractivity contribution is -0.130. The summed E-state index contributed by atoms with van der Waals surface area (Å²) < 4.78 is 0. The van der Waals surface area contributed by atoms with Crippen molar-refractivity contribution < 1.29 is 4.79 Å². The van der Waals surface area contributed by atoms with Crippen LogP contribution in [0.3, 0.4) is 0 Å². The molecule has 0 aliphatic carbocycles. The molecule has 4 rings (SSSR count). The average Bonchev–Trinajstić information content (AvgIpc) is 2.76. The van der Waals surface area contributed by atoms with E-state index in [1.807, 2.05) is 60.4 Å². The van der Waals surface area contributed by atoms with E-state index in [4.69, 9.17) is 0 Å². The lowest BCUT2D eigenvalue weighted by Crippen LogP contribution is -2.49. The molecule has 1 aliphatic rings. The van der Waals surface area contributed by atoms with E-state index >= 15 is 0 Å². The number of hydrogen-bond acceptors (Lipinski definition) is 5. The number of rotatable bonds is 5. The molecule has 0 radical (unpaired) electrons. The van der Waals surface area contributed by atoms with Crippen molar-refractivity contribution in [2.45, 2.75) is 20.3 Å². The predicted molar refractivity (Wildman–Crippen MR) is 120 cm³/mol. The first-order valence-electron chi connectivity index (χ1n) is 10.3. The van der Waals surface area contributed by atoms with Gasteiger partial charge in [-0.05, 0) is 31.5 Å². The van der Waals surface area contributed by atoms with Gasteiger partial charge in [0.25, 0.3) is 0 Å². The van der Waals surface area contributed by atoms with Crippen molar-refractivity contribution in [3.63, 3.8) is 0 Å². The molecule has 2 heterocycles. The Balaban J connectivity index is 1.38. The van der Waals surface area contributed by atoms with E-state index in [2.05, 4.69) is 39.2 Å². The summed E-state index contributed by atoms with van der Waals surface area (Å²) in [5.41, 5.74) is 3.28. The van der Waals surface area contributed by atoms with Crippen LogP contribution in [0.1, 0.15) is 17.0 Å². The molecule has 0 bridgehead atoms. The van der Waals surface area contributed by atoms with Gasteiger partial charge in [0.05, 0.1) is 6.42 Å². The third kappa shape index (κ3) is 4.95. The normalized spacial score (nSPS) is 13.9. The molecule has 0 spiro atoms. The van der Waals surface area contributed by atoms with Crippen LogP contribution in [0.2, 0.25) is 0 Å². The maximum absolute atomic E-state index is 12.6. The van der Waals surface area contributed by atoms with Crippen molar-refractivity contribution in [3.8, 4) is 0 Å². The van der Waals surface area contributed by atoms with Gasteiger partial charge in [0.15, 0.2) is 0 Å². The van der Waals surface area contributed by atoms with Crippen molar-refractivity contribution in [2.24, 2.45) is 0 Å². The highest BCUT2D eigenvalue weighted by Gasteiger charge is 2.22. The van der Waals surface area contributed by atoms with Crippen molar-refractivity contribution in [3.05, 3.63) is 77.6 Å². The molecule has 2 aromatic carbocycles. The van der Waals surface area contributed by atoms with Crippen LogP contribution in [0.4, 0.5) is 17.3 Å². The van der Waals surface area contributed by atoms with Crippen LogP contribution in [0.25, 0.3) is 0 Å². The van der Waals surface area contributed by atoms with Crippen LogP contribution in [-0.4, -0.2) is 47.0 Å². The van der Waals surface area contributed by atoms with E-state index < -0.39 is 0 Å². The van der Waals surface area contributed by atoms with Crippen LogP contribution in [0.5, 0.6) is 0 Å². The molecule has 0 unspecified atom stereocenters. The van der Waals surface area contributed by atoms with Gasteiger partial charge < -0.3 is 15.1 Å². The van der Waals surface area contributed by atoms with Crippen LogP contribution >= 0.6 is 0 Å². The van der Waals surface area contributed by atoms with Gasteiger partial charge in [-0.25, -0.2) is 9.97 Å². The fraction of sp³-hybridized carbons (Fsp3) is 0.292. The van der Waals surface area contributed by atoms with Gasteiger partial charge in [-0.3, -0.25) is 4.79 Å². The van der Waals surface area contributed by atoms with E-state index in [1.165, 1.54) is 5.56 Å². The number of nitrogens with one attached hydrogen (secondary N) is 1. The highest BCUT2D eigenvalue weighted by Crippen LogP contribution is 2.21. The number of carbonyl (C=O) groups is 1. The summed E-state index contributed by atoms with van der Waals surface area (Å²) in [7, 11) is 0. The minimum atomic E-state index is 0.182. The van der Waals surface area contributed by atoms with Crippen molar-refractivity contribution in [2.75, 3.05) is 36.4 Å². The highest BCUT2D eigenvalue weighted by atomic mass is 16.2. The molecule has 1 fully saturated rings. The monoisotopic (exact) mass is 401 g/mol. The van der Waals surface area contributed by atoms with E-state index in [-0.39, 0.29) is 5.91 Å². The second-order valence-corrected chi connectivity index (χ2v) is 7.68. The third-order valence-corrected chi connectivity index (χ3v) is 5.30. The van der Waals surface area contributed by atoms with Crippen LogP contribution in [0.15, 0.2) is 60.7 Å². The first kappa shape index (κ1) is 19.9. The summed E-state index contributed by atoms with van der Waals surface area (Å²) in [4.78, 5) is 25.9. The lowest BCUT2D eigenvalue weighted by atomic mass is 10.1. The Morgan fingerprint density at radius 1 is 0.933 bits per heavy atom. The summed E-state index contributed by atoms with van der Waals surface area (Å²) in [6.45, 7) is 6.91. The number of piperazine rings is 1. The Morgan fingerprint density at radius 3 is 2.33 bits per heavy atom. The molecule has 0 atom stereocenters. The number of anilines is 3. The van der Waals surface area contributed by atoms with E-state index in [1.54, 1.807) is 0 Å². The molecule has 6 heteroatoms. The number of benzene rings is 2. The van der Waals surface area contributed by atoms with Crippen LogP contribution < -0.4 is 10.2 Å². The number of aryl methyl sites for hydroxylation is 2. The molecule has 1 amide bonds. The quantitative estimate of drug-likeness (QED) is 0.706. The summed E-state index contributed by atoms with van der Waals surface area (Å²) in [6, 6.07) is 20.1. The summed E-state index contributed by atoms with van der Waals surface area (Å²) >= 11 is 0. The van der Waals surface area contributed by atoms with E-state index in [0.717, 1.165) is 41.8 Å². The number of carbonyl (C=O) groups excluding carboxylic acids is 1. The first-order chi connectivity index (χ1) is 14.6. The SMILES string of the molecule is Cc1ccc(Nc2cc(N3CCN(C(=O)Cc4ccccc4)CC3)nc(C)n2)cc1. The largest absolute Gasteiger partial charge is 0.353 e. The van der Waals surface area contributed by atoms with Gasteiger partial charge in [0, 0.05) is 37.9 Å². The summed E-state index contributed by atoms with van der Waals surface area (Å²) in [6.07, 6.45) is 0.456. The van der Waals surface area contributed by atoms with E-state index in [0.29, 0.717) is 19.5 Å². The molecule has 0 saturated carbocycles. The second-order valence-electron chi connectivity index (χ2n) is 7.68. The zero-order valence-electron chi connectivity index (χ0n) is 17.5. The molecule has 1 aliphatic heterocycles. The molecule has 1 N–H and O–H groups in total. The Hall–Kier alpha value is -3.41. The first-order valence-corrected chi connectivity index (χ1v) is 10.3. The third-order valence-electron chi connectivity index (χ3n) is 5.30. The number of amides is 1. The minimum Gasteiger partial charge on any atom is -0.353 e. The molecular weight excluding hydrogens is 374 g/mol. The van der Waals surface area contributed by atoms with Gasteiger partial charge in [0.2, 0.25) is 5.91 Å². The molecule has 154 valence electrons. The average molecular weight is 402 g/mol. The Kier molecular flexibility index (Phi) is 5.93. The van der Waals surface area contributed by atoms with Gasteiger partial charge in [0.1, 0.15) is 17.5 Å². The topological polar surface area (TPSA) is 61.4 Å². The molecular formula is C24H27N5O. The molecule has 6 nitrogen and oxygen atoms in total. The Labute approximate surface area is 177 Å². The lowest BCUT2D eigenvalue weighted by Gasteiger charge is -2.35. The molecule has 3 aromatic rings. The fourth-order valence-electron chi connectivity index (χ4n) is 3.63. The standard InChI is InChI=1S/C24H27N5O/c1-18-8-10-21(11-9-18)27-22-17-23(26-19(2)25-22)28-12-14-29(15-13-28)24(30)16-20-6-4-3-5-7-20/h3-11,17H,12-16H2,1-2H3,(H,25,26,27). The number of hydrogen-bond donors (Lipinski definition) is 1. The summed E-state index contributed by atoms with van der Waals surface area (Å²) in [5, 5.41) is 3.36. The molecule has 1 aromatic heterocycles. The number of nitrogens with zero attached hydrogens (tertiary/aromatic N) is 4. The van der Waals surface area contributed by atoms with Gasteiger partial charge in [-0.2, -0.15) is 0 Å². The van der Waals surface area contributed by atoms with Gasteiger partial charge in [-0.1, -0.05) is 48.0 Å². The highest BCUT2D eigenvalue weighted by molar-refractivity contribution is 5.79. The second kappa shape index (κ2) is 8.95. The van der Waals surface area contributed by atoms with E-state index in [9.17, 15) is 4.79 Å².